The minimum absolute atomic E-state index is 0.150. The van der Waals surface area contributed by atoms with Crippen LogP contribution in [-0.2, 0) is 0 Å². The Morgan fingerprint density at radius 3 is 2.40 bits per heavy atom. The van der Waals surface area contributed by atoms with Gasteiger partial charge in [-0.3, -0.25) is 0 Å². The highest BCUT2D eigenvalue weighted by atomic mass is 16.3. The van der Waals surface area contributed by atoms with E-state index in [1.807, 2.05) is 0 Å². The zero-order chi connectivity index (χ0) is 7.56. The van der Waals surface area contributed by atoms with Crippen LogP contribution in [0.15, 0.2) is 0 Å². The van der Waals surface area contributed by atoms with Crippen molar-refractivity contribution in [2.24, 2.45) is 11.8 Å². The molecule has 2 nitrogen and oxygen atoms in total. The largest absolute Gasteiger partial charge is 0.396 e. The van der Waals surface area contributed by atoms with Crippen LogP contribution in [0.2, 0.25) is 0 Å². The van der Waals surface area contributed by atoms with Crippen molar-refractivity contribution in [3.05, 3.63) is 0 Å². The summed E-state index contributed by atoms with van der Waals surface area (Å²) < 4.78 is 0. The van der Waals surface area contributed by atoms with E-state index in [9.17, 15) is 5.11 Å². The van der Waals surface area contributed by atoms with E-state index >= 15 is 0 Å². The third-order valence-corrected chi connectivity index (χ3v) is 2.57. The summed E-state index contributed by atoms with van der Waals surface area (Å²) in [5, 5.41) is 18.1. The second kappa shape index (κ2) is 3.35. The molecule has 0 saturated heterocycles. The standard InChI is InChI=1S/C8H16O2/c1-2-6-3-7(5-9)8(10)4-6/h6-10H,2-5H2,1H3/t6-,7-,8+/m0/s1. The van der Waals surface area contributed by atoms with Gasteiger partial charge in [-0.05, 0) is 18.8 Å². The third-order valence-electron chi connectivity index (χ3n) is 2.57. The van der Waals surface area contributed by atoms with Crippen LogP contribution >= 0.6 is 0 Å². The molecule has 0 radical (unpaired) electrons. The van der Waals surface area contributed by atoms with Gasteiger partial charge in [-0.1, -0.05) is 13.3 Å². The fourth-order valence-corrected chi connectivity index (χ4v) is 1.74. The highest BCUT2D eigenvalue weighted by molar-refractivity contribution is 4.81. The van der Waals surface area contributed by atoms with Gasteiger partial charge >= 0.3 is 0 Å². The fourth-order valence-electron chi connectivity index (χ4n) is 1.74. The average Bonchev–Trinajstić information content (AvgIpc) is 2.30. The summed E-state index contributed by atoms with van der Waals surface area (Å²) in [5.74, 6) is 0.803. The molecule has 1 saturated carbocycles. The minimum atomic E-state index is -0.241. The summed E-state index contributed by atoms with van der Waals surface area (Å²) >= 11 is 0. The number of hydrogen-bond donors (Lipinski definition) is 2. The molecule has 0 unspecified atom stereocenters. The molecule has 0 aromatic heterocycles. The predicted octanol–water partition coefficient (Wildman–Crippen LogP) is 0.776. The lowest BCUT2D eigenvalue weighted by Crippen LogP contribution is -2.16. The quantitative estimate of drug-likeness (QED) is 0.601. The fraction of sp³-hybridized carbons (Fsp3) is 1.00. The van der Waals surface area contributed by atoms with Crippen molar-refractivity contribution in [1.82, 2.24) is 0 Å². The van der Waals surface area contributed by atoms with E-state index in [1.165, 1.54) is 0 Å². The summed E-state index contributed by atoms with van der Waals surface area (Å²) in [6.07, 6.45) is 2.79. The molecule has 0 heterocycles. The predicted molar refractivity (Wildman–Crippen MR) is 39.6 cm³/mol. The summed E-state index contributed by atoms with van der Waals surface area (Å²) in [4.78, 5) is 0. The first-order valence-corrected chi connectivity index (χ1v) is 4.06. The highest BCUT2D eigenvalue weighted by Gasteiger charge is 2.30. The van der Waals surface area contributed by atoms with Gasteiger partial charge in [0.1, 0.15) is 0 Å². The van der Waals surface area contributed by atoms with E-state index in [1.54, 1.807) is 0 Å². The molecule has 3 atom stereocenters. The Bertz CT molecular complexity index is 103. The van der Waals surface area contributed by atoms with Crippen LogP contribution in [0.25, 0.3) is 0 Å². The second-order valence-corrected chi connectivity index (χ2v) is 3.26. The molecular weight excluding hydrogens is 128 g/mol. The van der Waals surface area contributed by atoms with Crippen LogP contribution in [0, 0.1) is 11.8 Å². The smallest absolute Gasteiger partial charge is 0.0593 e. The number of rotatable bonds is 2. The number of aliphatic hydroxyl groups is 2. The first-order chi connectivity index (χ1) is 4.77. The third kappa shape index (κ3) is 1.50. The van der Waals surface area contributed by atoms with Gasteiger partial charge in [0.2, 0.25) is 0 Å². The lowest BCUT2D eigenvalue weighted by molar-refractivity contribution is 0.0906. The van der Waals surface area contributed by atoms with Crippen LogP contribution in [0.1, 0.15) is 26.2 Å². The minimum Gasteiger partial charge on any atom is -0.396 e. The van der Waals surface area contributed by atoms with Gasteiger partial charge in [0, 0.05) is 12.5 Å². The van der Waals surface area contributed by atoms with Crippen molar-refractivity contribution in [2.75, 3.05) is 6.61 Å². The number of aliphatic hydroxyl groups excluding tert-OH is 2. The summed E-state index contributed by atoms with van der Waals surface area (Å²) in [7, 11) is 0. The van der Waals surface area contributed by atoms with E-state index in [0.717, 1.165) is 19.3 Å². The lowest BCUT2D eigenvalue weighted by atomic mass is 10.0. The van der Waals surface area contributed by atoms with E-state index in [4.69, 9.17) is 5.11 Å². The maximum atomic E-state index is 9.33. The molecule has 0 amide bonds. The Morgan fingerprint density at radius 1 is 1.40 bits per heavy atom. The molecule has 0 aromatic carbocycles. The van der Waals surface area contributed by atoms with E-state index < -0.39 is 0 Å². The highest BCUT2D eigenvalue weighted by Crippen LogP contribution is 2.32. The van der Waals surface area contributed by atoms with Crippen molar-refractivity contribution in [3.8, 4) is 0 Å². The Hall–Kier alpha value is -0.0800. The SMILES string of the molecule is CC[C@H]1C[C@@H](CO)[C@H](O)C1. The Kier molecular flexibility index (Phi) is 2.69. The molecular formula is C8H16O2. The lowest BCUT2D eigenvalue weighted by Gasteiger charge is -2.08. The van der Waals surface area contributed by atoms with Crippen molar-refractivity contribution in [1.29, 1.82) is 0 Å². The van der Waals surface area contributed by atoms with Crippen LogP contribution in [-0.4, -0.2) is 22.9 Å². The van der Waals surface area contributed by atoms with Crippen molar-refractivity contribution >= 4 is 0 Å². The van der Waals surface area contributed by atoms with Crippen LogP contribution < -0.4 is 0 Å². The monoisotopic (exact) mass is 144 g/mol. The topological polar surface area (TPSA) is 40.5 Å². The van der Waals surface area contributed by atoms with Gasteiger partial charge in [-0.25, -0.2) is 0 Å². The Labute approximate surface area is 61.9 Å². The maximum Gasteiger partial charge on any atom is 0.0593 e. The van der Waals surface area contributed by atoms with Crippen molar-refractivity contribution in [2.45, 2.75) is 32.3 Å². The average molecular weight is 144 g/mol. The van der Waals surface area contributed by atoms with Crippen LogP contribution in [0.3, 0.4) is 0 Å². The molecule has 0 bridgehead atoms. The first-order valence-electron chi connectivity index (χ1n) is 4.06. The Morgan fingerprint density at radius 2 is 2.10 bits per heavy atom. The summed E-state index contributed by atoms with van der Waals surface area (Å²) in [5.41, 5.74) is 0. The van der Waals surface area contributed by atoms with Gasteiger partial charge in [0.25, 0.3) is 0 Å². The van der Waals surface area contributed by atoms with Gasteiger partial charge in [-0.15, -0.1) is 0 Å². The summed E-state index contributed by atoms with van der Waals surface area (Å²) in [6, 6.07) is 0. The molecule has 60 valence electrons. The van der Waals surface area contributed by atoms with Gasteiger partial charge in [0.15, 0.2) is 0 Å². The van der Waals surface area contributed by atoms with Gasteiger partial charge in [-0.2, -0.15) is 0 Å². The maximum absolute atomic E-state index is 9.33. The van der Waals surface area contributed by atoms with Crippen molar-refractivity contribution < 1.29 is 10.2 Å². The summed E-state index contributed by atoms with van der Waals surface area (Å²) in [6.45, 7) is 2.29. The number of hydrogen-bond acceptors (Lipinski definition) is 2. The molecule has 2 heteroatoms. The molecule has 10 heavy (non-hydrogen) atoms. The molecule has 1 fully saturated rings. The molecule has 1 aliphatic carbocycles. The molecule has 0 spiro atoms. The Balaban J connectivity index is 2.36. The zero-order valence-corrected chi connectivity index (χ0v) is 6.45. The molecule has 0 aromatic rings. The normalized spacial score (nSPS) is 40.5. The van der Waals surface area contributed by atoms with Crippen LogP contribution in [0.5, 0.6) is 0 Å². The van der Waals surface area contributed by atoms with Crippen LogP contribution in [0.4, 0.5) is 0 Å². The van der Waals surface area contributed by atoms with E-state index in [0.29, 0.717) is 5.92 Å². The molecule has 1 rings (SSSR count). The molecule has 2 N–H and O–H groups in total. The zero-order valence-electron chi connectivity index (χ0n) is 6.45. The van der Waals surface area contributed by atoms with Gasteiger partial charge < -0.3 is 10.2 Å². The second-order valence-electron chi connectivity index (χ2n) is 3.26. The van der Waals surface area contributed by atoms with E-state index in [-0.39, 0.29) is 18.6 Å². The molecule has 0 aliphatic heterocycles. The van der Waals surface area contributed by atoms with Crippen molar-refractivity contribution in [3.63, 3.8) is 0 Å². The first kappa shape index (κ1) is 8.02. The van der Waals surface area contributed by atoms with E-state index in [2.05, 4.69) is 6.92 Å². The molecule has 1 aliphatic rings. The van der Waals surface area contributed by atoms with Gasteiger partial charge in [0.05, 0.1) is 6.10 Å².